The second kappa shape index (κ2) is 14.3. The minimum Gasteiger partial charge on any atom is -0.384 e. The Bertz CT molecular complexity index is 1770. The van der Waals surface area contributed by atoms with Crippen LogP contribution in [0.15, 0.2) is 146 Å². The Hall–Kier alpha value is -3.86. The fraction of sp³-hybridized carbons (Fsp3) is 0.200. The lowest BCUT2D eigenvalue weighted by Crippen LogP contribution is -2.31. The molecule has 0 amide bonds. The molecule has 0 aromatic heterocycles. The van der Waals surface area contributed by atoms with Gasteiger partial charge < -0.3 is 5.11 Å². The Labute approximate surface area is 288 Å². The van der Waals surface area contributed by atoms with E-state index >= 15 is 0 Å². The van der Waals surface area contributed by atoms with Gasteiger partial charge in [0.15, 0.2) is 0 Å². The zero-order chi connectivity index (χ0) is 32.3. The molecule has 6 aromatic rings. The van der Waals surface area contributed by atoms with Crippen LogP contribution >= 0.6 is 15.8 Å². The van der Waals surface area contributed by atoms with Crippen LogP contribution in [0.4, 0.5) is 0 Å². The van der Waals surface area contributed by atoms with E-state index in [1.807, 2.05) is 0 Å². The normalized spacial score (nSPS) is 14.2. The van der Waals surface area contributed by atoms with Crippen molar-refractivity contribution in [2.24, 2.45) is 0 Å². The molecule has 2 aliphatic rings. The molecule has 0 unspecified atom stereocenters. The van der Waals surface area contributed by atoms with Gasteiger partial charge in [-0.05, 0) is 132 Å². The number of hydrogen-bond donors (Lipinski definition) is 1. The molecule has 0 spiro atoms. The van der Waals surface area contributed by atoms with Crippen molar-refractivity contribution in [3.8, 4) is 0 Å². The van der Waals surface area contributed by atoms with Gasteiger partial charge in [-0.2, -0.15) is 0 Å². The number of aliphatic hydroxyl groups is 1. The summed E-state index contributed by atoms with van der Waals surface area (Å²) in [5, 5.41) is 21.3. The number of aryl methyl sites for hydroxylation is 2. The molecular formula is C45H42OP2. The van der Waals surface area contributed by atoms with Crippen LogP contribution in [0.3, 0.4) is 0 Å². The van der Waals surface area contributed by atoms with Gasteiger partial charge in [0.25, 0.3) is 0 Å². The van der Waals surface area contributed by atoms with Crippen LogP contribution in [0.2, 0.25) is 0 Å². The van der Waals surface area contributed by atoms with E-state index in [0.29, 0.717) is 0 Å². The molecule has 8 rings (SSSR count). The van der Waals surface area contributed by atoms with Gasteiger partial charge >= 0.3 is 0 Å². The van der Waals surface area contributed by atoms with Crippen LogP contribution in [0.1, 0.15) is 65.2 Å². The maximum atomic E-state index is 13.4. The van der Waals surface area contributed by atoms with Gasteiger partial charge in [-0.15, -0.1) is 0 Å². The van der Waals surface area contributed by atoms with Crippen LogP contribution in [0.5, 0.6) is 0 Å². The highest BCUT2D eigenvalue weighted by atomic mass is 31.1. The van der Waals surface area contributed by atoms with Crippen molar-refractivity contribution < 1.29 is 5.11 Å². The third-order valence-corrected chi connectivity index (χ3v) is 15.2. The SMILES string of the molecule is OC(c1c(P(c2ccccc2)c2ccccc2)ccc2c1CCCC2)c1c(P(c2ccccc2)c2ccccc2)ccc2c1CCCC2. The Morgan fingerprint density at radius 2 is 0.688 bits per heavy atom. The zero-order valence-electron chi connectivity index (χ0n) is 27.4. The predicted molar refractivity (Wildman–Crippen MR) is 208 cm³/mol. The summed E-state index contributed by atoms with van der Waals surface area (Å²) in [6.07, 6.45) is 8.30. The maximum absolute atomic E-state index is 13.4. The molecule has 0 aliphatic heterocycles. The Morgan fingerprint density at radius 1 is 0.375 bits per heavy atom. The maximum Gasteiger partial charge on any atom is 0.106 e. The van der Waals surface area contributed by atoms with E-state index in [1.165, 1.54) is 90.9 Å². The van der Waals surface area contributed by atoms with Crippen LogP contribution in [0.25, 0.3) is 0 Å². The summed E-state index contributed by atoms with van der Waals surface area (Å²) in [4.78, 5) is 0. The number of hydrogen-bond acceptors (Lipinski definition) is 1. The summed E-state index contributed by atoms with van der Waals surface area (Å²) < 4.78 is 0. The van der Waals surface area contributed by atoms with Crippen LogP contribution in [0, 0.1) is 0 Å². The molecule has 2 aliphatic carbocycles. The van der Waals surface area contributed by atoms with E-state index in [1.54, 1.807) is 0 Å². The van der Waals surface area contributed by atoms with E-state index < -0.39 is 21.9 Å². The monoisotopic (exact) mass is 660 g/mol. The standard InChI is InChI=1S/C45H42OP2/c46-45(43-39-27-15-13-17-33(39)29-31-41(43)47(35-19-5-1-6-20-35)36-21-7-2-8-22-36)44-40-28-16-14-18-34(40)30-32-42(44)48(37-23-9-3-10-24-37)38-25-11-4-12-26-38/h1-12,19-26,29-32,45-46H,13-18,27-28H2. The summed E-state index contributed by atoms with van der Waals surface area (Å²) in [7, 11) is -1.77. The van der Waals surface area contributed by atoms with Gasteiger partial charge in [-0.25, -0.2) is 0 Å². The zero-order valence-corrected chi connectivity index (χ0v) is 29.2. The second-order valence-corrected chi connectivity index (χ2v) is 17.5. The molecule has 0 atom stereocenters. The molecule has 0 saturated heterocycles. The van der Waals surface area contributed by atoms with E-state index in [9.17, 15) is 5.11 Å². The smallest absolute Gasteiger partial charge is 0.106 e. The topological polar surface area (TPSA) is 20.2 Å². The van der Waals surface area contributed by atoms with Crippen LogP contribution < -0.4 is 31.8 Å². The van der Waals surface area contributed by atoms with E-state index in [2.05, 4.69) is 146 Å². The third-order valence-electron chi connectivity index (χ3n) is 10.2. The Balaban J connectivity index is 1.41. The van der Waals surface area contributed by atoms with Gasteiger partial charge in [-0.3, -0.25) is 0 Å². The summed E-state index contributed by atoms with van der Waals surface area (Å²) in [5.74, 6) is 0. The first-order chi connectivity index (χ1) is 23.8. The highest BCUT2D eigenvalue weighted by Crippen LogP contribution is 2.44. The molecule has 1 N–H and O–H groups in total. The van der Waals surface area contributed by atoms with Crippen molar-refractivity contribution in [1.29, 1.82) is 0 Å². The largest absolute Gasteiger partial charge is 0.384 e. The second-order valence-electron chi connectivity index (χ2n) is 13.1. The van der Waals surface area contributed by atoms with E-state index in [-0.39, 0.29) is 0 Å². The minimum atomic E-state index is -0.883. The number of benzene rings is 6. The van der Waals surface area contributed by atoms with E-state index in [4.69, 9.17) is 0 Å². The molecule has 1 nitrogen and oxygen atoms in total. The fourth-order valence-corrected chi connectivity index (χ4v) is 13.0. The first-order valence-electron chi connectivity index (χ1n) is 17.6. The first kappa shape index (κ1) is 31.4. The van der Waals surface area contributed by atoms with Crippen molar-refractivity contribution in [2.45, 2.75) is 57.5 Å². The van der Waals surface area contributed by atoms with Gasteiger partial charge in [0.1, 0.15) is 6.10 Å². The Kier molecular flexibility index (Phi) is 9.37. The average Bonchev–Trinajstić information content (AvgIpc) is 3.16. The minimum absolute atomic E-state index is 0.703. The molecule has 48 heavy (non-hydrogen) atoms. The summed E-state index contributed by atoms with van der Waals surface area (Å²) in [5.41, 5.74) is 8.01. The lowest BCUT2D eigenvalue weighted by molar-refractivity contribution is 0.219. The molecule has 0 saturated carbocycles. The van der Waals surface area contributed by atoms with Crippen molar-refractivity contribution in [3.05, 3.63) is 179 Å². The summed E-state index contributed by atoms with van der Waals surface area (Å²) >= 11 is 0. The van der Waals surface area contributed by atoms with Crippen LogP contribution in [-0.4, -0.2) is 5.11 Å². The molecule has 238 valence electrons. The number of rotatable bonds is 8. The van der Waals surface area contributed by atoms with Crippen molar-refractivity contribution in [3.63, 3.8) is 0 Å². The van der Waals surface area contributed by atoms with Gasteiger partial charge in [0, 0.05) is 0 Å². The number of fused-ring (bicyclic) bond motifs is 2. The van der Waals surface area contributed by atoms with Crippen LogP contribution in [-0.2, 0) is 25.7 Å². The predicted octanol–water partition coefficient (Wildman–Crippen LogP) is 8.04. The molecule has 6 aromatic carbocycles. The quantitative estimate of drug-likeness (QED) is 0.164. The molecule has 0 heterocycles. The summed E-state index contributed by atoms with van der Waals surface area (Å²) in [6.45, 7) is 0. The van der Waals surface area contributed by atoms with E-state index in [0.717, 1.165) is 25.7 Å². The van der Waals surface area contributed by atoms with Gasteiger partial charge in [0.05, 0.1) is 0 Å². The lowest BCUT2D eigenvalue weighted by Gasteiger charge is -2.34. The lowest BCUT2D eigenvalue weighted by atomic mass is 9.81. The average molecular weight is 661 g/mol. The third kappa shape index (κ3) is 6.10. The van der Waals surface area contributed by atoms with Gasteiger partial charge in [-0.1, -0.05) is 146 Å². The first-order valence-corrected chi connectivity index (χ1v) is 20.2. The summed E-state index contributed by atoms with van der Waals surface area (Å²) in [6, 6.07) is 53.6. The highest BCUT2D eigenvalue weighted by Gasteiger charge is 2.33. The molecule has 3 heteroatoms. The number of aliphatic hydroxyl groups excluding tert-OH is 1. The van der Waals surface area contributed by atoms with Gasteiger partial charge in [0.2, 0.25) is 0 Å². The fourth-order valence-electron chi connectivity index (χ4n) is 8.00. The Morgan fingerprint density at radius 3 is 1.02 bits per heavy atom. The highest BCUT2D eigenvalue weighted by molar-refractivity contribution is 7.80. The molecule has 0 radical (unpaired) electrons. The molecule has 0 fully saturated rings. The molecule has 0 bridgehead atoms. The van der Waals surface area contributed by atoms with Crippen molar-refractivity contribution in [2.75, 3.05) is 0 Å². The molecular weight excluding hydrogens is 618 g/mol. The van der Waals surface area contributed by atoms with Crippen molar-refractivity contribution in [1.82, 2.24) is 0 Å². The van der Waals surface area contributed by atoms with Crippen molar-refractivity contribution >= 4 is 47.7 Å².